The van der Waals surface area contributed by atoms with Gasteiger partial charge in [-0.15, -0.1) is 0 Å². The van der Waals surface area contributed by atoms with E-state index < -0.39 is 15.8 Å². The van der Waals surface area contributed by atoms with Crippen molar-refractivity contribution in [3.8, 4) is 0 Å². The van der Waals surface area contributed by atoms with Crippen molar-refractivity contribution in [1.29, 1.82) is 0 Å². The summed E-state index contributed by atoms with van der Waals surface area (Å²) in [7, 11) is 7.92. The van der Waals surface area contributed by atoms with Gasteiger partial charge in [0, 0.05) is 51.1 Å². The van der Waals surface area contributed by atoms with Crippen LogP contribution in [-0.4, -0.2) is 105 Å². The molecule has 3 aromatic heterocycles. The number of hydrogen-bond acceptors (Lipinski definition) is 9. The number of amides is 3. The molecule has 0 aliphatic rings. The zero-order chi connectivity index (χ0) is 42.8. The molecule has 17 nitrogen and oxygen atoms in total. The molecule has 3 amide bonds. The van der Waals surface area contributed by atoms with Crippen molar-refractivity contribution in [1.82, 2.24) is 34.1 Å². The summed E-state index contributed by atoms with van der Waals surface area (Å²) in [4.78, 5) is 63.5. The molecule has 57 heavy (non-hydrogen) atoms. The van der Waals surface area contributed by atoms with E-state index in [4.69, 9.17) is 0 Å². The van der Waals surface area contributed by atoms with Gasteiger partial charge in [-0.25, -0.2) is 0 Å². The fourth-order valence-electron chi connectivity index (χ4n) is 5.66. The van der Waals surface area contributed by atoms with E-state index >= 15 is 0 Å². The average Bonchev–Trinajstić information content (AvgIpc) is 3.86. The van der Waals surface area contributed by atoms with Gasteiger partial charge in [0.25, 0.3) is 29.1 Å². The number of rotatable bonds is 23. The second kappa shape index (κ2) is 23.9. The Morgan fingerprint density at radius 3 is 1.30 bits per heavy atom. The van der Waals surface area contributed by atoms with Crippen LogP contribution in [0.25, 0.3) is 0 Å². The van der Waals surface area contributed by atoms with E-state index in [1.54, 1.807) is 21.4 Å². The number of carbonyl (C=O) groups excluding carboxylic acids is 3. The van der Waals surface area contributed by atoms with Crippen molar-refractivity contribution in [2.24, 2.45) is 17.8 Å². The first kappa shape index (κ1) is 48.1. The van der Waals surface area contributed by atoms with Crippen molar-refractivity contribution in [2.75, 3.05) is 59.7 Å². The van der Waals surface area contributed by atoms with Gasteiger partial charge in [0.15, 0.2) is 0 Å². The Morgan fingerprint density at radius 1 is 0.596 bits per heavy atom. The SMILES string of the molecule is CC(C)CCn1cc(NC(=O)c2cc([N+](=O)[O-])cn2CCC(C)C)cc1C(=O)NCCCN(C)C.CC(C)CCn1cc([N+](=O)[O-])cc1C(=O)NCCCN(C)C. The van der Waals surface area contributed by atoms with Crippen LogP contribution in [0.5, 0.6) is 0 Å². The molecule has 0 aliphatic carbocycles. The van der Waals surface area contributed by atoms with Gasteiger partial charge < -0.3 is 39.5 Å². The molecular weight excluding hydrogens is 733 g/mol. The second-order valence-corrected chi connectivity index (χ2v) is 16.2. The summed E-state index contributed by atoms with van der Waals surface area (Å²) in [6, 6.07) is 4.31. The maximum atomic E-state index is 13.1. The second-order valence-electron chi connectivity index (χ2n) is 16.2. The predicted octanol–water partition coefficient (Wildman–Crippen LogP) is 6.35. The summed E-state index contributed by atoms with van der Waals surface area (Å²) in [5.74, 6) is 0.426. The summed E-state index contributed by atoms with van der Waals surface area (Å²) in [6.45, 7) is 17.1. The third-order valence-corrected chi connectivity index (χ3v) is 9.02. The molecule has 0 saturated heterocycles. The minimum absolute atomic E-state index is 0.0396. The first-order valence-corrected chi connectivity index (χ1v) is 19.8. The van der Waals surface area contributed by atoms with Gasteiger partial charge in [0.2, 0.25) is 0 Å². The van der Waals surface area contributed by atoms with Crippen molar-refractivity contribution < 1.29 is 24.2 Å². The summed E-state index contributed by atoms with van der Waals surface area (Å²) >= 11 is 0. The van der Waals surface area contributed by atoms with Crippen molar-refractivity contribution in [3.05, 3.63) is 74.1 Å². The van der Waals surface area contributed by atoms with Gasteiger partial charge in [0.1, 0.15) is 17.1 Å². The number of nitro groups is 2. The minimum Gasteiger partial charge on any atom is -0.351 e. The van der Waals surface area contributed by atoms with Crippen LogP contribution in [0.1, 0.15) is 105 Å². The Labute approximate surface area is 337 Å². The maximum absolute atomic E-state index is 13.1. The highest BCUT2D eigenvalue weighted by atomic mass is 16.6. The summed E-state index contributed by atoms with van der Waals surface area (Å²) in [5, 5.41) is 30.8. The molecule has 0 unspecified atom stereocenters. The van der Waals surface area contributed by atoms with E-state index in [9.17, 15) is 34.6 Å². The van der Waals surface area contributed by atoms with E-state index in [1.807, 2.05) is 37.7 Å². The highest BCUT2D eigenvalue weighted by Gasteiger charge is 2.22. The van der Waals surface area contributed by atoms with Gasteiger partial charge in [-0.3, -0.25) is 34.6 Å². The summed E-state index contributed by atoms with van der Waals surface area (Å²) < 4.78 is 5.16. The van der Waals surface area contributed by atoms with Crippen LogP contribution in [0.3, 0.4) is 0 Å². The molecule has 0 aliphatic heterocycles. The lowest BCUT2D eigenvalue weighted by Gasteiger charge is -2.12. The monoisotopic (exact) mass is 799 g/mol. The Kier molecular flexibility index (Phi) is 20.2. The standard InChI is InChI=1S/C25H40N6O4.C15H26N4O3/c1-18(2)8-12-29-16-20(14-22(29)24(32)26-10-7-11-28(5)6)27-25(33)23-15-21(31(34)35)17-30(23)13-9-19(3)4;1-12(2)6-9-18-11-13(19(21)22)10-14(18)15(20)16-7-5-8-17(3)4/h14-19H,7-13H2,1-6H3,(H,26,32)(H,27,33);10-12H,5-9H2,1-4H3,(H,16,20). The lowest BCUT2D eigenvalue weighted by Crippen LogP contribution is -2.28. The molecule has 0 spiro atoms. The molecule has 3 rings (SSSR count). The highest BCUT2D eigenvalue weighted by molar-refractivity contribution is 6.04. The number of aromatic nitrogens is 3. The van der Waals surface area contributed by atoms with E-state index in [0.717, 1.165) is 45.2 Å². The summed E-state index contributed by atoms with van der Waals surface area (Å²) in [6.07, 6.45) is 8.81. The fraction of sp³-hybridized carbons (Fsp3) is 0.625. The molecule has 0 atom stereocenters. The normalized spacial score (nSPS) is 11.4. The average molecular weight is 799 g/mol. The molecule has 0 saturated carbocycles. The smallest absolute Gasteiger partial charge is 0.287 e. The van der Waals surface area contributed by atoms with Crippen molar-refractivity contribution in [3.63, 3.8) is 0 Å². The lowest BCUT2D eigenvalue weighted by atomic mass is 10.1. The van der Waals surface area contributed by atoms with Crippen LogP contribution in [-0.2, 0) is 19.6 Å². The minimum atomic E-state index is -0.496. The molecule has 318 valence electrons. The molecule has 17 heteroatoms. The van der Waals surface area contributed by atoms with E-state index in [0.29, 0.717) is 67.6 Å². The van der Waals surface area contributed by atoms with Gasteiger partial charge in [0.05, 0.1) is 27.9 Å². The largest absolute Gasteiger partial charge is 0.351 e. The zero-order valence-electron chi connectivity index (χ0n) is 35.7. The number of carbonyl (C=O) groups is 3. The number of nitrogens with one attached hydrogen (secondary N) is 3. The van der Waals surface area contributed by atoms with Crippen LogP contribution >= 0.6 is 0 Å². The van der Waals surface area contributed by atoms with Gasteiger partial charge in [-0.2, -0.15) is 0 Å². The lowest BCUT2D eigenvalue weighted by molar-refractivity contribution is -0.385. The molecular formula is C40H66N10O7. The number of nitrogens with zero attached hydrogens (tertiary/aromatic N) is 7. The number of hydrogen-bond donors (Lipinski definition) is 3. The predicted molar refractivity (Wildman–Crippen MR) is 224 cm³/mol. The molecule has 3 N–H and O–H groups in total. The van der Waals surface area contributed by atoms with Crippen molar-refractivity contribution >= 4 is 34.8 Å². The van der Waals surface area contributed by atoms with E-state index in [1.165, 1.54) is 24.5 Å². The van der Waals surface area contributed by atoms with Crippen molar-refractivity contribution in [2.45, 2.75) is 93.3 Å². The van der Waals surface area contributed by atoms with Crippen LogP contribution in [0.2, 0.25) is 0 Å². The molecule has 0 aromatic carbocycles. The first-order chi connectivity index (χ1) is 26.8. The highest BCUT2D eigenvalue weighted by Crippen LogP contribution is 2.22. The molecule has 0 fully saturated rings. The molecule has 0 bridgehead atoms. The molecule has 3 heterocycles. The van der Waals surface area contributed by atoms with Crippen LogP contribution < -0.4 is 16.0 Å². The Bertz CT molecular complexity index is 1750. The third-order valence-electron chi connectivity index (χ3n) is 9.02. The molecule has 0 radical (unpaired) electrons. The van der Waals surface area contributed by atoms with Gasteiger partial charge in [-0.05, 0) is 97.2 Å². The van der Waals surface area contributed by atoms with Gasteiger partial charge in [-0.1, -0.05) is 41.5 Å². The van der Waals surface area contributed by atoms with E-state index in [2.05, 4.69) is 62.4 Å². The Balaban J connectivity index is 0.000000438. The van der Waals surface area contributed by atoms with Gasteiger partial charge >= 0.3 is 0 Å². The first-order valence-electron chi connectivity index (χ1n) is 19.8. The Morgan fingerprint density at radius 2 is 0.947 bits per heavy atom. The number of anilines is 1. The number of aryl methyl sites for hydroxylation is 3. The summed E-state index contributed by atoms with van der Waals surface area (Å²) in [5.41, 5.74) is 1.39. The quantitative estimate of drug-likeness (QED) is 0.0557. The van der Waals surface area contributed by atoms with E-state index in [-0.39, 0.29) is 28.9 Å². The third kappa shape index (κ3) is 17.3. The Hall–Kier alpha value is -5.03. The zero-order valence-corrected chi connectivity index (χ0v) is 35.7. The maximum Gasteiger partial charge on any atom is 0.287 e. The van der Waals surface area contributed by atoms with Crippen LogP contribution in [0.4, 0.5) is 17.1 Å². The van der Waals surface area contributed by atoms with Crippen LogP contribution in [0, 0.1) is 38.0 Å². The molecule has 3 aromatic rings. The van der Waals surface area contributed by atoms with Crippen LogP contribution in [0.15, 0.2) is 36.8 Å². The topological polar surface area (TPSA) is 195 Å². The fourth-order valence-corrected chi connectivity index (χ4v) is 5.66.